The van der Waals surface area contributed by atoms with Crippen LogP contribution < -0.4 is 4.74 Å². The second-order valence-corrected chi connectivity index (χ2v) is 10.2. The van der Waals surface area contributed by atoms with E-state index in [2.05, 4.69) is 39.0 Å². The number of carbonyl (C=O) groups excluding carboxylic acids is 1. The maximum Gasteiger partial charge on any atom is 0.270 e. The maximum atomic E-state index is 13.6. The monoisotopic (exact) mass is 443 g/mol. The number of methoxy groups -OCH3 is 1. The maximum absolute atomic E-state index is 13.6. The zero-order chi connectivity index (χ0) is 22.4. The molecular formula is C28H33N3O2. The molecule has 0 saturated carbocycles. The molecule has 2 bridgehead atoms. The number of para-hydroxylation sites is 1. The Morgan fingerprint density at radius 3 is 2.82 bits per heavy atom. The van der Waals surface area contributed by atoms with Crippen molar-refractivity contribution < 1.29 is 9.53 Å². The van der Waals surface area contributed by atoms with Crippen LogP contribution in [0.4, 0.5) is 0 Å². The van der Waals surface area contributed by atoms with Crippen molar-refractivity contribution in [3.8, 4) is 5.75 Å². The Labute approximate surface area is 195 Å². The van der Waals surface area contributed by atoms with Crippen molar-refractivity contribution in [2.24, 2.45) is 11.8 Å². The van der Waals surface area contributed by atoms with E-state index in [-0.39, 0.29) is 5.91 Å². The van der Waals surface area contributed by atoms with Gasteiger partial charge in [0.25, 0.3) is 5.91 Å². The van der Waals surface area contributed by atoms with Crippen LogP contribution in [0, 0.1) is 11.8 Å². The number of H-pyrrole nitrogens is 1. The van der Waals surface area contributed by atoms with Gasteiger partial charge in [0, 0.05) is 36.1 Å². The number of aromatic nitrogens is 1. The number of nitrogens with zero attached hydrogens (tertiary/aromatic N) is 2. The van der Waals surface area contributed by atoms with Gasteiger partial charge >= 0.3 is 0 Å². The molecule has 1 amide bonds. The molecule has 172 valence electrons. The van der Waals surface area contributed by atoms with E-state index in [0.717, 1.165) is 41.9 Å². The number of likely N-dealkylation sites (tertiary alicyclic amines) is 1. The minimum Gasteiger partial charge on any atom is -0.497 e. The average Bonchev–Trinajstić information content (AvgIpc) is 3.30. The summed E-state index contributed by atoms with van der Waals surface area (Å²) in [6, 6.07) is 19.8. The third-order valence-electron chi connectivity index (χ3n) is 8.25. The van der Waals surface area contributed by atoms with E-state index in [1.165, 1.54) is 37.8 Å². The van der Waals surface area contributed by atoms with Gasteiger partial charge in [0.2, 0.25) is 0 Å². The smallest absolute Gasteiger partial charge is 0.270 e. The van der Waals surface area contributed by atoms with E-state index in [1.807, 2.05) is 30.3 Å². The largest absolute Gasteiger partial charge is 0.497 e. The first-order chi connectivity index (χ1) is 16.2. The number of rotatable bonds is 4. The number of nitrogens with one attached hydrogen (secondary N) is 1. The fourth-order valence-electron chi connectivity index (χ4n) is 6.75. The van der Waals surface area contributed by atoms with Crippen LogP contribution in [0.25, 0.3) is 10.9 Å². The second-order valence-electron chi connectivity index (χ2n) is 10.2. The standard InChI is InChI=1S/C28H33N3O2/c1-33-23-9-6-7-19(13-23)14-27-22-15-21(26-11-4-5-12-31(26)27)17-30(18-22)28(32)25-16-20-8-2-3-10-24(20)29-25/h2-3,6-10,13,16,21-22,26-27,29H,4-5,11-12,14-15,17-18H2,1H3/t21-,22+,26+,27+/m1/s1. The SMILES string of the molecule is COc1cccc(C[C@H]2[C@H]3C[C@H](CN(C(=O)c4cc5ccccc5[nH]4)C3)[C@@H]3CCCCN32)c1. The van der Waals surface area contributed by atoms with Gasteiger partial charge in [-0.05, 0) is 73.9 Å². The summed E-state index contributed by atoms with van der Waals surface area (Å²) in [6.45, 7) is 2.93. The van der Waals surface area contributed by atoms with Crippen molar-refractivity contribution in [2.75, 3.05) is 26.7 Å². The van der Waals surface area contributed by atoms with Crippen LogP contribution in [0.1, 0.15) is 41.7 Å². The Kier molecular flexibility index (Phi) is 5.37. The Bertz CT molecular complexity index is 1120. The molecule has 1 aromatic heterocycles. The summed E-state index contributed by atoms with van der Waals surface area (Å²) in [6.07, 6.45) is 6.14. The fraction of sp³-hybridized carbons (Fsp3) is 0.464. The van der Waals surface area contributed by atoms with Gasteiger partial charge < -0.3 is 14.6 Å². The van der Waals surface area contributed by atoms with E-state index < -0.39 is 0 Å². The number of hydrogen-bond donors (Lipinski definition) is 1. The van der Waals surface area contributed by atoms with E-state index in [9.17, 15) is 4.79 Å². The number of aromatic amines is 1. The van der Waals surface area contributed by atoms with Gasteiger partial charge in [0.15, 0.2) is 0 Å². The summed E-state index contributed by atoms with van der Waals surface area (Å²) < 4.78 is 5.48. The number of benzene rings is 2. The average molecular weight is 444 g/mol. The highest BCUT2D eigenvalue weighted by atomic mass is 16.5. The number of piperidine rings is 3. The Morgan fingerprint density at radius 1 is 1.06 bits per heavy atom. The summed E-state index contributed by atoms with van der Waals surface area (Å²) in [4.78, 5) is 21.9. The van der Waals surface area contributed by atoms with Crippen molar-refractivity contribution in [3.05, 3.63) is 65.9 Å². The van der Waals surface area contributed by atoms with Gasteiger partial charge in [-0.2, -0.15) is 0 Å². The molecular weight excluding hydrogens is 410 g/mol. The van der Waals surface area contributed by atoms with Crippen LogP contribution in [0.5, 0.6) is 5.75 Å². The lowest BCUT2D eigenvalue weighted by molar-refractivity contribution is -0.0643. The molecule has 6 rings (SSSR count). The Hall–Kier alpha value is -2.79. The number of amides is 1. The zero-order valence-electron chi connectivity index (χ0n) is 19.4. The molecule has 3 aliphatic rings. The first-order valence-corrected chi connectivity index (χ1v) is 12.5. The highest BCUT2D eigenvalue weighted by Gasteiger charge is 2.47. The van der Waals surface area contributed by atoms with Crippen molar-refractivity contribution in [3.63, 3.8) is 0 Å². The van der Waals surface area contributed by atoms with Crippen LogP contribution in [0.2, 0.25) is 0 Å². The lowest BCUT2D eigenvalue weighted by atomic mass is 9.71. The molecule has 3 aromatic rings. The first kappa shape index (κ1) is 20.8. The molecule has 4 atom stereocenters. The molecule has 4 heterocycles. The molecule has 0 radical (unpaired) electrons. The lowest BCUT2D eigenvalue weighted by Crippen LogP contribution is -2.64. The van der Waals surface area contributed by atoms with Crippen LogP contribution in [-0.2, 0) is 6.42 Å². The topological polar surface area (TPSA) is 48.6 Å². The van der Waals surface area contributed by atoms with Gasteiger partial charge in [-0.1, -0.05) is 36.8 Å². The third kappa shape index (κ3) is 3.82. The minimum atomic E-state index is 0.158. The van der Waals surface area contributed by atoms with Gasteiger partial charge in [0.05, 0.1) is 7.11 Å². The van der Waals surface area contributed by atoms with E-state index >= 15 is 0 Å². The minimum absolute atomic E-state index is 0.158. The number of carbonyl (C=O) groups is 1. The lowest BCUT2D eigenvalue weighted by Gasteiger charge is -2.57. The summed E-state index contributed by atoms with van der Waals surface area (Å²) >= 11 is 0. The van der Waals surface area contributed by atoms with Crippen LogP contribution in [-0.4, -0.2) is 59.5 Å². The summed E-state index contributed by atoms with van der Waals surface area (Å²) in [5.41, 5.74) is 3.09. The molecule has 0 aliphatic carbocycles. The summed E-state index contributed by atoms with van der Waals surface area (Å²) in [5.74, 6) is 2.18. The van der Waals surface area contributed by atoms with Gasteiger partial charge in [-0.25, -0.2) is 0 Å². The number of hydrogen-bond acceptors (Lipinski definition) is 3. The van der Waals surface area contributed by atoms with Crippen LogP contribution in [0.3, 0.4) is 0 Å². The predicted molar refractivity (Wildman–Crippen MR) is 131 cm³/mol. The molecule has 3 aliphatic heterocycles. The Balaban J connectivity index is 1.28. The van der Waals surface area contributed by atoms with Crippen molar-refractivity contribution in [1.29, 1.82) is 0 Å². The van der Waals surface area contributed by atoms with Gasteiger partial charge in [-0.15, -0.1) is 0 Å². The molecule has 0 spiro atoms. The fourth-order valence-corrected chi connectivity index (χ4v) is 6.75. The molecule has 0 unspecified atom stereocenters. The highest BCUT2D eigenvalue weighted by Crippen LogP contribution is 2.42. The number of ether oxygens (including phenoxy) is 1. The van der Waals surface area contributed by atoms with Crippen LogP contribution >= 0.6 is 0 Å². The third-order valence-corrected chi connectivity index (χ3v) is 8.25. The summed E-state index contributed by atoms with van der Waals surface area (Å²) in [5, 5.41) is 1.10. The molecule has 3 fully saturated rings. The van der Waals surface area contributed by atoms with E-state index in [4.69, 9.17) is 4.74 Å². The predicted octanol–water partition coefficient (Wildman–Crippen LogP) is 4.73. The van der Waals surface area contributed by atoms with Gasteiger partial charge in [0.1, 0.15) is 11.4 Å². The highest BCUT2D eigenvalue weighted by molar-refractivity contribution is 5.98. The van der Waals surface area contributed by atoms with Crippen molar-refractivity contribution >= 4 is 16.8 Å². The first-order valence-electron chi connectivity index (χ1n) is 12.5. The number of fused-ring (bicyclic) bond motifs is 5. The molecule has 2 aromatic carbocycles. The quantitative estimate of drug-likeness (QED) is 0.634. The molecule has 33 heavy (non-hydrogen) atoms. The van der Waals surface area contributed by atoms with Crippen LogP contribution in [0.15, 0.2) is 54.6 Å². The molecule has 5 heteroatoms. The normalized spacial score (nSPS) is 27.4. The van der Waals surface area contributed by atoms with Crippen molar-refractivity contribution in [1.82, 2.24) is 14.8 Å². The van der Waals surface area contributed by atoms with E-state index in [0.29, 0.717) is 23.9 Å². The van der Waals surface area contributed by atoms with E-state index in [1.54, 1.807) is 7.11 Å². The molecule has 1 N–H and O–H groups in total. The molecule has 5 nitrogen and oxygen atoms in total. The molecule has 3 saturated heterocycles. The van der Waals surface area contributed by atoms with Gasteiger partial charge in [-0.3, -0.25) is 9.69 Å². The Morgan fingerprint density at radius 2 is 1.94 bits per heavy atom. The summed E-state index contributed by atoms with van der Waals surface area (Å²) in [7, 11) is 1.74. The van der Waals surface area contributed by atoms with Crippen molar-refractivity contribution in [2.45, 2.75) is 44.2 Å². The zero-order valence-corrected chi connectivity index (χ0v) is 19.4. The second kappa shape index (κ2) is 8.53.